The van der Waals surface area contributed by atoms with E-state index in [1.807, 2.05) is 0 Å². The van der Waals surface area contributed by atoms with E-state index in [1.165, 1.54) is 12.1 Å². The van der Waals surface area contributed by atoms with Gasteiger partial charge < -0.3 is 10.1 Å². The number of hydrogen-bond acceptors (Lipinski definition) is 6. The van der Waals surface area contributed by atoms with Gasteiger partial charge in [0.2, 0.25) is 11.8 Å². The third-order valence-corrected chi connectivity index (χ3v) is 7.11. The second kappa shape index (κ2) is 7.40. The van der Waals surface area contributed by atoms with Crippen LogP contribution in [0.3, 0.4) is 0 Å². The first kappa shape index (κ1) is 20.1. The van der Waals surface area contributed by atoms with Crippen LogP contribution < -0.4 is 10.6 Å². The van der Waals surface area contributed by atoms with Crippen molar-refractivity contribution in [1.29, 1.82) is 0 Å². The number of carbonyl (C=O) groups excluding carboxylic acids is 4. The molecule has 1 aromatic rings. The summed E-state index contributed by atoms with van der Waals surface area (Å²) in [7, 11) is 0. The quantitative estimate of drug-likeness (QED) is 0.693. The second-order valence-electron chi connectivity index (χ2n) is 8.89. The molecule has 1 saturated carbocycles. The molecule has 3 aliphatic heterocycles. The lowest BCUT2D eigenvalue weighted by Gasteiger charge is -2.38. The van der Waals surface area contributed by atoms with Crippen LogP contribution in [0, 0.1) is 17.2 Å². The van der Waals surface area contributed by atoms with Gasteiger partial charge >= 0.3 is 0 Å². The zero-order valence-corrected chi connectivity index (χ0v) is 17.0. The Morgan fingerprint density at radius 1 is 1.10 bits per heavy atom. The summed E-state index contributed by atoms with van der Waals surface area (Å²) in [5.74, 6) is -2.52. The number of rotatable bonds is 5. The second-order valence-corrected chi connectivity index (χ2v) is 8.89. The molecule has 1 aliphatic carbocycles. The Bertz CT molecular complexity index is 984. The van der Waals surface area contributed by atoms with E-state index >= 15 is 0 Å². The maximum absolute atomic E-state index is 14.8. The molecule has 31 heavy (non-hydrogen) atoms. The molecule has 2 saturated heterocycles. The predicted octanol–water partition coefficient (Wildman–Crippen LogP) is 1.85. The normalized spacial score (nSPS) is 25.5. The van der Waals surface area contributed by atoms with Crippen molar-refractivity contribution in [3.63, 3.8) is 0 Å². The van der Waals surface area contributed by atoms with Crippen molar-refractivity contribution in [3.05, 3.63) is 29.1 Å². The first-order valence-electron chi connectivity index (χ1n) is 10.8. The molecule has 0 radical (unpaired) electrons. The van der Waals surface area contributed by atoms with E-state index in [0.717, 1.165) is 30.6 Å². The number of nitrogens with one attached hydrogen (secondary N) is 2. The number of benzene rings is 1. The molecule has 4 aliphatic rings. The molecular weight excluding hydrogens is 405 g/mol. The Kier molecular flexibility index (Phi) is 4.80. The van der Waals surface area contributed by atoms with Crippen LogP contribution in [-0.2, 0) is 14.3 Å². The monoisotopic (exact) mass is 429 g/mol. The minimum Gasteiger partial charge on any atom is -0.381 e. The summed E-state index contributed by atoms with van der Waals surface area (Å²) in [6.07, 6.45) is 4.12. The van der Waals surface area contributed by atoms with E-state index in [2.05, 4.69) is 10.6 Å². The lowest BCUT2D eigenvalue weighted by atomic mass is 9.75. The Labute approximate surface area is 178 Å². The summed E-state index contributed by atoms with van der Waals surface area (Å²) in [4.78, 5) is 50.7. The number of imide groups is 2. The largest absolute Gasteiger partial charge is 0.381 e. The molecule has 1 unspecified atom stereocenters. The van der Waals surface area contributed by atoms with E-state index < -0.39 is 35.5 Å². The predicted molar refractivity (Wildman–Crippen MR) is 107 cm³/mol. The van der Waals surface area contributed by atoms with Crippen LogP contribution in [0.5, 0.6) is 0 Å². The molecule has 3 heterocycles. The molecule has 5 rings (SSSR count). The number of halogens is 1. The number of amides is 4. The molecule has 2 N–H and O–H groups in total. The number of piperidine rings is 1. The Morgan fingerprint density at radius 2 is 1.84 bits per heavy atom. The lowest BCUT2D eigenvalue weighted by molar-refractivity contribution is -0.136. The smallest absolute Gasteiger partial charge is 0.264 e. The minimum absolute atomic E-state index is 0.0113. The maximum atomic E-state index is 14.8. The highest BCUT2D eigenvalue weighted by Gasteiger charge is 2.48. The minimum atomic E-state index is -1.07. The molecule has 9 heteroatoms. The topological polar surface area (TPSA) is 105 Å². The van der Waals surface area contributed by atoms with Crippen LogP contribution in [0.25, 0.3) is 0 Å². The third-order valence-electron chi connectivity index (χ3n) is 7.11. The number of nitrogens with zero attached hydrogens (tertiary/aromatic N) is 1. The van der Waals surface area contributed by atoms with Gasteiger partial charge in [-0.25, -0.2) is 4.39 Å². The number of ether oxygens (including phenoxy) is 1. The van der Waals surface area contributed by atoms with Crippen molar-refractivity contribution in [2.24, 2.45) is 11.3 Å². The molecule has 4 amide bonds. The first-order chi connectivity index (χ1) is 14.9. The highest BCUT2D eigenvalue weighted by atomic mass is 19.1. The van der Waals surface area contributed by atoms with Crippen molar-refractivity contribution in [2.45, 2.75) is 44.6 Å². The van der Waals surface area contributed by atoms with Gasteiger partial charge in [0, 0.05) is 26.2 Å². The maximum Gasteiger partial charge on any atom is 0.264 e. The fraction of sp³-hybridized carbons (Fsp3) is 0.545. The highest BCUT2D eigenvalue weighted by molar-refractivity contribution is 6.25. The lowest BCUT2D eigenvalue weighted by Crippen LogP contribution is -2.54. The van der Waals surface area contributed by atoms with Crippen molar-refractivity contribution >= 4 is 29.3 Å². The van der Waals surface area contributed by atoms with Gasteiger partial charge in [-0.3, -0.25) is 29.4 Å². The summed E-state index contributed by atoms with van der Waals surface area (Å²) in [5.41, 5.74) is 0.0402. The van der Waals surface area contributed by atoms with E-state index in [4.69, 9.17) is 4.74 Å². The van der Waals surface area contributed by atoms with Crippen molar-refractivity contribution in [1.82, 2.24) is 10.2 Å². The average Bonchev–Trinajstić information content (AvgIpc) is 3.57. The first-order valence-corrected chi connectivity index (χ1v) is 10.8. The summed E-state index contributed by atoms with van der Waals surface area (Å²) in [6.45, 7) is 1.82. The summed E-state index contributed by atoms with van der Waals surface area (Å²) < 4.78 is 20.4. The van der Waals surface area contributed by atoms with Gasteiger partial charge in [0.25, 0.3) is 11.8 Å². The van der Waals surface area contributed by atoms with Crippen LogP contribution >= 0.6 is 0 Å². The molecule has 0 aromatic heterocycles. The van der Waals surface area contributed by atoms with E-state index in [0.29, 0.717) is 25.7 Å². The fourth-order valence-electron chi connectivity index (χ4n) is 5.17. The fourth-order valence-corrected chi connectivity index (χ4v) is 5.17. The highest BCUT2D eigenvalue weighted by Crippen LogP contribution is 2.51. The Morgan fingerprint density at radius 3 is 2.52 bits per heavy atom. The number of hydrogen-bond donors (Lipinski definition) is 2. The van der Waals surface area contributed by atoms with Crippen LogP contribution in [0.2, 0.25) is 0 Å². The molecule has 1 atom stereocenters. The number of fused-ring (bicyclic) bond motifs is 1. The van der Waals surface area contributed by atoms with E-state index in [1.54, 1.807) is 0 Å². The standard InChI is InChI=1S/C22H24FN3O5/c23-14-4-3-13-17(18(14)24-11-22(12-1-2-12)7-9-31-10-8-22)21(30)26(20(13)29)15-5-6-16(27)25-19(15)28/h3-4,12,15,24H,1-2,5-11H2,(H,25,27,28). The van der Waals surface area contributed by atoms with Gasteiger partial charge in [-0.05, 0) is 55.6 Å². The SMILES string of the molecule is O=C1CCC(N2C(=O)c3ccc(F)c(NCC4(C5CC5)CCOCC4)c3C2=O)C(=O)N1. The van der Waals surface area contributed by atoms with E-state index in [-0.39, 0.29) is 35.1 Å². The van der Waals surface area contributed by atoms with Crippen LogP contribution in [0.4, 0.5) is 10.1 Å². The van der Waals surface area contributed by atoms with Gasteiger partial charge in [-0.2, -0.15) is 0 Å². The van der Waals surface area contributed by atoms with Gasteiger partial charge in [0.15, 0.2) is 0 Å². The average molecular weight is 429 g/mol. The van der Waals surface area contributed by atoms with Crippen molar-refractivity contribution in [3.8, 4) is 0 Å². The van der Waals surface area contributed by atoms with Crippen molar-refractivity contribution in [2.75, 3.05) is 25.1 Å². The molecule has 164 valence electrons. The van der Waals surface area contributed by atoms with Gasteiger partial charge in [-0.15, -0.1) is 0 Å². The molecule has 8 nitrogen and oxygen atoms in total. The zero-order valence-electron chi connectivity index (χ0n) is 17.0. The summed E-state index contributed by atoms with van der Waals surface area (Å²) in [5, 5.41) is 5.32. The number of anilines is 1. The zero-order chi connectivity index (χ0) is 21.8. The Hall–Kier alpha value is -2.81. The van der Waals surface area contributed by atoms with Crippen LogP contribution in [0.1, 0.15) is 59.2 Å². The molecule has 1 aromatic carbocycles. The molecule has 0 spiro atoms. The van der Waals surface area contributed by atoms with Gasteiger partial charge in [0.1, 0.15) is 11.9 Å². The third kappa shape index (κ3) is 3.31. The van der Waals surface area contributed by atoms with E-state index in [9.17, 15) is 23.6 Å². The molecule has 0 bridgehead atoms. The van der Waals surface area contributed by atoms with Crippen LogP contribution in [0.15, 0.2) is 12.1 Å². The Balaban J connectivity index is 1.43. The summed E-state index contributed by atoms with van der Waals surface area (Å²) in [6, 6.07) is 1.38. The molecular formula is C22H24FN3O5. The van der Waals surface area contributed by atoms with Crippen LogP contribution in [-0.4, -0.2) is 54.3 Å². The van der Waals surface area contributed by atoms with Gasteiger partial charge in [0.05, 0.1) is 16.8 Å². The molecule has 3 fully saturated rings. The number of carbonyl (C=O) groups is 4. The summed E-state index contributed by atoms with van der Waals surface area (Å²) >= 11 is 0. The van der Waals surface area contributed by atoms with Crippen molar-refractivity contribution < 1.29 is 28.3 Å². The van der Waals surface area contributed by atoms with Gasteiger partial charge in [-0.1, -0.05) is 0 Å².